The average Bonchev–Trinajstić information content (AvgIpc) is 3.44. The molecule has 0 aliphatic heterocycles. The predicted molar refractivity (Wildman–Crippen MR) is 120 cm³/mol. The number of furan rings is 1. The number of rotatable bonds is 7. The highest BCUT2D eigenvalue weighted by molar-refractivity contribution is 7.12. The van der Waals surface area contributed by atoms with E-state index in [-0.39, 0.29) is 5.91 Å². The molecule has 1 amide bonds. The summed E-state index contributed by atoms with van der Waals surface area (Å²) in [4.78, 5) is 18.3. The number of aryl methyl sites for hydroxylation is 2. The van der Waals surface area contributed by atoms with Crippen molar-refractivity contribution in [1.29, 1.82) is 0 Å². The number of thiazole rings is 1. The fraction of sp³-hybridized carbons (Fsp3) is 0.250. The minimum Gasteiger partial charge on any atom is -0.467 e. The van der Waals surface area contributed by atoms with Crippen LogP contribution in [-0.4, -0.2) is 15.5 Å². The van der Waals surface area contributed by atoms with Crippen LogP contribution < -0.4 is 5.32 Å². The summed E-state index contributed by atoms with van der Waals surface area (Å²) in [5.74, 6) is 0.913. The summed E-state index contributed by atoms with van der Waals surface area (Å²) in [6.45, 7) is 7.50. The highest BCUT2D eigenvalue weighted by atomic mass is 32.1. The van der Waals surface area contributed by atoms with E-state index < -0.39 is 0 Å². The second-order valence-corrected chi connectivity index (χ2v) is 8.69. The molecule has 154 valence electrons. The van der Waals surface area contributed by atoms with E-state index in [4.69, 9.17) is 9.40 Å². The lowest BCUT2D eigenvalue weighted by atomic mass is 10.1. The summed E-state index contributed by atoms with van der Waals surface area (Å²) < 4.78 is 7.75. The SMILES string of the molecule is Cc1sc(CC(=O)NCc2ccccc2)nc1-c1cc(C)n(Cc2ccco2)c1C. The van der Waals surface area contributed by atoms with Crippen LogP contribution in [0.2, 0.25) is 0 Å². The fourth-order valence-electron chi connectivity index (χ4n) is 3.62. The van der Waals surface area contributed by atoms with E-state index in [0.717, 1.165) is 43.9 Å². The first kappa shape index (κ1) is 20.2. The molecule has 0 bridgehead atoms. The molecule has 0 radical (unpaired) electrons. The van der Waals surface area contributed by atoms with Crippen LogP contribution in [0.1, 0.15) is 32.6 Å². The molecule has 0 saturated heterocycles. The van der Waals surface area contributed by atoms with Crippen molar-refractivity contribution in [2.45, 2.75) is 40.3 Å². The molecule has 0 aliphatic rings. The molecule has 1 N–H and O–H groups in total. The average molecular weight is 420 g/mol. The van der Waals surface area contributed by atoms with Gasteiger partial charge in [-0.3, -0.25) is 4.79 Å². The molecule has 0 aliphatic carbocycles. The number of amides is 1. The van der Waals surface area contributed by atoms with Gasteiger partial charge in [0.05, 0.1) is 24.9 Å². The Morgan fingerprint density at radius 3 is 2.67 bits per heavy atom. The van der Waals surface area contributed by atoms with Crippen molar-refractivity contribution in [3.8, 4) is 11.3 Å². The lowest BCUT2D eigenvalue weighted by molar-refractivity contribution is -0.120. The number of carbonyl (C=O) groups excluding carboxylic acids is 1. The third-order valence-electron chi connectivity index (χ3n) is 5.21. The smallest absolute Gasteiger partial charge is 0.227 e. The summed E-state index contributed by atoms with van der Waals surface area (Å²) in [7, 11) is 0. The Hall–Kier alpha value is -3.12. The van der Waals surface area contributed by atoms with Gasteiger partial charge in [0.2, 0.25) is 5.91 Å². The van der Waals surface area contributed by atoms with Gasteiger partial charge in [0.1, 0.15) is 10.8 Å². The maximum Gasteiger partial charge on any atom is 0.227 e. The second-order valence-electron chi connectivity index (χ2n) is 7.40. The molecule has 1 aromatic carbocycles. The van der Waals surface area contributed by atoms with Crippen molar-refractivity contribution in [1.82, 2.24) is 14.9 Å². The minimum atomic E-state index is -0.0116. The molecule has 6 heteroatoms. The Labute approximate surface area is 180 Å². The van der Waals surface area contributed by atoms with E-state index in [2.05, 4.69) is 36.7 Å². The lowest BCUT2D eigenvalue weighted by Crippen LogP contribution is -2.24. The predicted octanol–water partition coefficient (Wildman–Crippen LogP) is 5.04. The minimum absolute atomic E-state index is 0.0116. The van der Waals surface area contributed by atoms with E-state index in [1.807, 2.05) is 42.5 Å². The van der Waals surface area contributed by atoms with E-state index in [0.29, 0.717) is 19.5 Å². The molecule has 5 nitrogen and oxygen atoms in total. The molecular formula is C24H25N3O2S. The number of carbonyl (C=O) groups is 1. The zero-order valence-electron chi connectivity index (χ0n) is 17.4. The third kappa shape index (κ3) is 4.39. The van der Waals surface area contributed by atoms with Gasteiger partial charge >= 0.3 is 0 Å². The van der Waals surface area contributed by atoms with Crippen molar-refractivity contribution >= 4 is 17.2 Å². The Bertz CT molecular complexity index is 1140. The Morgan fingerprint density at radius 1 is 1.13 bits per heavy atom. The van der Waals surface area contributed by atoms with Gasteiger partial charge in [-0.1, -0.05) is 30.3 Å². The molecule has 0 fully saturated rings. The van der Waals surface area contributed by atoms with Gasteiger partial charge in [-0.2, -0.15) is 0 Å². The van der Waals surface area contributed by atoms with Crippen molar-refractivity contribution in [2.75, 3.05) is 0 Å². The Balaban J connectivity index is 1.48. The highest BCUT2D eigenvalue weighted by Gasteiger charge is 2.18. The standard InChI is InChI=1S/C24H25N3O2S/c1-16-12-21(17(2)27(16)15-20-10-7-11-29-20)24-18(3)30-23(26-24)13-22(28)25-14-19-8-5-4-6-9-19/h4-12H,13-15H2,1-3H3,(H,25,28). The van der Waals surface area contributed by atoms with Gasteiger partial charge in [-0.25, -0.2) is 4.98 Å². The summed E-state index contributed by atoms with van der Waals surface area (Å²) in [5, 5.41) is 3.82. The Morgan fingerprint density at radius 2 is 1.93 bits per heavy atom. The van der Waals surface area contributed by atoms with Gasteiger partial charge in [-0.05, 0) is 44.5 Å². The first-order chi connectivity index (χ1) is 14.5. The van der Waals surface area contributed by atoms with Crippen LogP contribution in [0.15, 0.2) is 59.2 Å². The van der Waals surface area contributed by atoms with Gasteiger partial charge in [-0.15, -0.1) is 11.3 Å². The zero-order chi connectivity index (χ0) is 21.1. The molecule has 4 aromatic rings. The molecule has 0 spiro atoms. The van der Waals surface area contributed by atoms with Crippen LogP contribution in [0.3, 0.4) is 0 Å². The van der Waals surface area contributed by atoms with E-state index in [1.165, 1.54) is 0 Å². The summed E-state index contributed by atoms with van der Waals surface area (Å²) in [5.41, 5.74) is 5.48. The van der Waals surface area contributed by atoms with Gasteiger partial charge in [0.15, 0.2) is 0 Å². The van der Waals surface area contributed by atoms with Crippen LogP contribution in [0.5, 0.6) is 0 Å². The monoisotopic (exact) mass is 419 g/mol. The number of hydrogen-bond donors (Lipinski definition) is 1. The topological polar surface area (TPSA) is 60.1 Å². The molecule has 3 aromatic heterocycles. The Kier molecular flexibility index (Phi) is 5.86. The first-order valence-electron chi connectivity index (χ1n) is 9.97. The molecule has 4 rings (SSSR count). The van der Waals surface area contributed by atoms with E-state index in [1.54, 1.807) is 17.6 Å². The van der Waals surface area contributed by atoms with Crippen LogP contribution in [0.4, 0.5) is 0 Å². The molecule has 0 saturated carbocycles. The number of benzene rings is 1. The maximum atomic E-state index is 12.4. The highest BCUT2D eigenvalue weighted by Crippen LogP contribution is 2.32. The molecule has 0 unspecified atom stereocenters. The van der Waals surface area contributed by atoms with Crippen LogP contribution in [-0.2, 0) is 24.3 Å². The van der Waals surface area contributed by atoms with Crippen molar-refractivity contribution in [2.24, 2.45) is 0 Å². The third-order valence-corrected chi connectivity index (χ3v) is 6.18. The van der Waals surface area contributed by atoms with Crippen molar-refractivity contribution in [3.05, 3.63) is 87.4 Å². The maximum absolute atomic E-state index is 12.4. The second kappa shape index (κ2) is 8.71. The van der Waals surface area contributed by atoms with E-state index in [9.17, 15) is 4.79 Å². The lowest BCUT2D eigenvalue weighted by Gasteiger charge is -2.07. The van der Waals surface area contributed by atoms with Gasteiger partial charge < -0.3 is 14.3 Å². The first-order valence-corrected chi connectivity index (χ1v) is 10.8. The summed E-state index contributed by atoms with van der Waals surface area (Å²) in [6.07, 6.45) is 1.99. The summed E-state index contributed by atoms with van der Waals surface area (Å²) >= 11 is 1.59. The largest absolute Gasteiger partial charge is 0.467 e. The normalized spacial score (nSPS) is 11.0. The molecule has 0 atom stereocenters. The van der Waals surface area contributed by atoms with Crippen LogP contribution in [0, 0.1) is 20.8 Å². The zero-order valence-corrected chi connectivity index (χ0v) is 18.3. The molecular weight excluding hydrogens is 394 g/mol. The number of aromatic nitrogens is 2. The van der Waals surface area contributed by atoms with E-state index >= 15 is 0 Å². The number of hydrogen-bond acceptors (Lipinski definition) is 4. The van der Waals surface area contributed by atoms with Crippen molar-refractivity contribution < 1.29 is 9.21 Å². The number of nitrogens with zero attached hydrogens (tertiary/aromatic N) is 2. The van der Waals surface area contributed by atoms with Gasteiger partial charge in [0.25, 0.3) is 0 Å². The molecule has 3 heterocycles. The quantitative estimate of drug-likeness (QED) is 0.457. The summed E-state index contributed by atoms with van der Waals surface area (Å²) in [6, 6.07) is 16.0. The number of nitrogens with one attached hydrogen (secondary N) is 1. The van der Waals surface area contributed by atoms with Crippen LogP contribution >= 0.6 is 11.3 Å². The fourth-order valence-corrected chi connectivity index (χ4v) is 4.56. The van der Waals surface area contributed by atoms with Crippen molar-refractivity contribution in [3.63, 3.8) is 0 Å². The molecule has 30 heavy (non-hydrogen) atoms. The van der Waals surface area contributed by atoms with Gasteiger partial charge in [0, 0.05) is 28.4 Å². The van der Waals surface area contributed by atoms with Crippen LogP contribution in [0.25, 0.3) is 11.3 Å².